The number of carboxylic acid groups (broad SMARTS) is 2. The number of rotatable bonds is 4. The molecule has 0 amide bonds. The summed E-state index contributed by atoms with van der Waals surface area (Å²) in [5.74, 6) is 2.21. The van der Waals surface area contributed by atoms with Gasteiger partial charge in [-0.15, -0.1) is 0 Å². The Kier molecular flexibility index (Phi) is 5.44. The summed E-state index contributed by atoms with van der Waals surface area (Å²) in [5, 5.41) is 18.7. The van der Waals surface area contributed by atoms with E-state index in [2.05, 4.69) is 17.4 Å². The van der Waals surface area contributed by atoms with Crippen LogP contribution in [0.25, 0.3) is 0 Å². The number of hydrogen-bond acceptors (Lipinski definition) is 5. The Labute approximate surface area is 164 Å². The van der Waals surface area contributed by atoms with Gasteiger partial charge < -0.3 is 25.0 Å². The Morgan fingerprint density at radius 1 is 0.929 bits per heavy atom. The van der Waals surface area contributed by atoms with Crippen LogP contribution in [0, 0.1) is 23.7 Å². The van der Waals surface area contributed by atoms with Crippen LogP contribution in [0.15, 0.2) is 18.2 Å². The van der Waals surface area contributed by atoms with Gasteiger partial charge in [0, 0.05) is 6.04 Å². The number of hydrogen-bond donors (Lipinski definition) is 3. The Morgan fingerprint density at radius 2 is 1.54 bits per heavy atom. The van der Waals surface area contributed by atoms with Gasteiger partial charge in [0.2, 0.25) is 6.79 Å². The highest BCUT2D eigenvalue weighted by molar-refractivity contribution is 6.27. The molecule has 4 saturated carbocycles. The van der Waals surface area contributed by atoms with Gasteiger partial charge in [0.05, 0.1) is 0 Å². The third-order valence-corrected chi connectivity index (χ3v) is 6.64. The van der Waals surface area contributed by atoms with Gasteiger partial charge in [-0.2, -0.15) is 0 Å². The zero-order chi connectivity index (χ0) is 19.7. The second-order valence-electron chi connectivity index (χ2n) is 8.46. The first kappa shape index (κ1) is 19.1. The maximum atomic E-state index is 9.10. The van der Waals surface area contributed by atoms with Gasteiger partial charge in [-0.3, -0.25) is 0 Å². The summed E-state index contributed by atoms with van der Waals surface area (Å²) in [6, 6.07) is 7.15. The van der Waals surface area contributed by atoms with Crippen molar-refractivity contribution >= 4 is 11.9 Å². The molecule has 0 saturated heterocycles. The largest absolute Gasteiger partial charge is 0.473 e. The molecule has 28 heavy (non-hydrogen) atoms. The third kappa shape index (κ3) is 4.09. The Hall–Kier alpha value is -2.28. The average molecular weight is 389 g/mol. The quantitative estimate of drug-likeness (QED) is 0.680. The summed E-state index contributed by atoms with van der Waals surface area (Å²) >= 11 is 0. The van der Waals surface area contributed by atoms with Crippen LogP contribution in [-0.4, -0.2) is 41.5 Å². The molecular formula is C21H27NO6. The monoisotopic (exact) mass is 389 g/mol. The van der Waals surface area contributed by atoms with Crippen LogP contribution in [0.5, 0.6) is 11.5 Å². The lowest BCUT2D eigenvalue weighted by Crippen LogP contribution is -2.54. The number of ether oxygens (including phenoxy) is 2. The van der Waals surface area contributed by atoms with Gasteiger partial charge >= 0.3 is 11.9 Å². The lowest BCUT2D eigenvalue weighted by atomic mass is 9.54. The van der Waals surface area contributed by atoms with Crippen LogP contribution in [0.2, 0.25) is 0 Å². The molecule has 0 unspecified atom stereocenters. The predicted octanol–water partition coefficient (Wildman–Crippen LogP) is 2.53. The molecule has 0 spiro atoms. The lowest BCUT2D eigenvalue weighted by molar-refractivity contribution is -0.159. The zero-order valence-electron chi connectivity index (χ0n) is 15.8. The highest BCUT2D eigenvalue weighted by Gasteiger charge is 2.47. The van der Waals surface area contributed by atoms with E-state index in [4.69, 9.17) is 29.3 Å². The van der Waals surface area contributed by atoms with Gasteiger partial charge in [-0.1, -0.05) is 6.07 Å². The minimum atomic E-state index is -1.82. The summed E-state index contributed by atoms with van der Waals surface area (Å²) in [5.41, 5.74) is 1.35. The van der Waals surface area contributed by atoms with E-state index in [9.17, 15) is 0 Å². The minimum absolute atomic E-state index is 0.366. The fourth-order valence-electron chi connectivity index (χ4n) is 5.74. The van der Waals surface area contributed by atoms with Gasteiger partial charge in [-0.25, -0.2) is 9.59 Å². The normalized spacial score (nSPS) is 31.2. The second kappa shape index (κ2) is 7.99. The van der Waals surface area contributed by atoms with Crippen LogP contribution >= 0.6 is 0 Å². The topological polar surface area (TPSA) is 105 Å². The highest BCUT2D eigenvalue weighted by Crippen LogP contribution is 2.53. The number of benzene rings is 1. The molecule has 5 aliphatic rings. The molecule has 7 heteroatoms. The Bertz CT molecular complexity index is 708. The summed E-state index contributed by atoms with van der Waals surface area (Å²) in [6.45, 7) is 1.46. The fourth-order valence-corrected chi connectivity index (χ4v) is 5.74. The van der Waals surface area contributed by atoms with E-state index in [0.29, 0.717) is 6.79 Å². The molecule has 4 fully saturated rings. The summed E-state index contributed by atoms with van der Waals surface area (Å²) < 4.78 is 10.8. The molecule has 4 aliphatic carbocycles. The molecule has 1 aromatic rings. The molecule has 0 aromatic heterocycles. The number of carbonyl (C=O) groups is 2. The van der Waals surface area contributed by atoms with Crippen molar-refractivity contribution in [3.05, 3.63) is 23.8 Å². The lowest BCUT2D eigenvalue weighted by Gasteiger charge is -2.54. The molecular weight excluding hydrogens is 362 g/mol. The van der Waals surface area contributed by atoms with E-state index in [0.717, 1.165) is 54.2 Å². The molecule has 1 aromatic carbocycles. The maximum absolute atomic E-state index is 9.10. The second-order valence-corrected chi connectivity index (χ2v) is 8.46. The van der Waals surface area contributed by atoms with Crippen LogP contribution < -0.4 is 14.8 Å². The third-order valence-electron chi connectivity index (χ3n) is 6.64. The molecule has 152 valence electrons. The smallest absolute Gasteiger partial charge is 0.414 e. The molecule has 4 bridgehead atoms. The first-order chi connectivity index (χ1) is 13.5. The summed E-state index contributed by atoms with van der Waals surface area (Å²) in [6.07, 6.45) is 8.60. The van der Waals surface area contributed by atoms with Gasteiger partial charge in [0.25, 0.3) is 0 Å². The maximum Gasteiger partial charge on any atom is 0.414 e. The standard InChI is InChI=1S/C19H25NO2.C2H2O4/c1-2-17-18(22-11-21-17)10-12(1)3-4-20-19-15-6-13-5-14(8-15)9-16(19)7-13;3-1(4)2(5)6/h1-2,10,13-16,19-20H,3-9,11H2;(H,3,4)(H,5,6). The van der Waals surface area contributed by atoms with Crippen LogP contribution in [0.1, 0.15) is 37.7 Å². The number of carboxylic acids is 2. The number of nitrogens with one attached hydrogen (secondary N) is 1. The van der Waals surface area contributed by atoms with E-state index in [1.165, 1.54) is 37.7 Å². The molecule has 3 N–H and O–H groups in total. The van der Waals surface area contributed by atoms with Crippen molar-refractivity contribution in [2.24, 2.45) is 23.7 Å². The summed E-state index contributed by atoms with van der Waals surface area (Å²) in [7, 11) is 0. The number of aliphatic carboxylic acids is 2. The number of fused-ring (bicyclic) bond motifs is 1. The van der Waals surface area contributed by atoms with Crippen LogP contribution in [-0.2, 0) is 16.0 Å². The predicted molar refractivity (Wildman–Crippen MR) is 100 cm³/mol. The fraction of sp³-hybridized carbons (Fsp3) is 0.619. The van der Waals surface area contributed by atoms with Crippen molar-refractivity contribution < 1.29 is 29.3 Å². The molecule has 1 aliphatic heterocycles. The van der Waals surface area contributed by atoms with Crippen molar-refractivity contribution in [3.8, 4) is 11.5 Å². The minimum Gasteiger partial charge on any atom is -0.473 e. The molecule has 1 heterocycles. The highest BCUT2D eigenvalue weighted by atomic mass is 16.7. The Balaban J connectivity index is 0.000000283. The van der Waals surface area contributed by atoms with Gasteiger partial charge in [-0.05, 0) is 86.4 Å². The van der Waals surface area contributed by atoms with Crippen molar-refractivity contribution in [2.75, 3.05) is 13.3 Å². The van der Waals surface area contributed by atoms with E-state index in [1.807, 2.05) is 6.07 Å². The zero-order valence-corrected chi connectivity index (χ0v) is 15.8. The first-order valence-corrected chi connectivity index (χ1v) is 10.1. The molecule has 0 radical (unpaired) electrons. The first-order valence-electron chi connectivity index (χ1n) is 10.1. The van der Waals surface area contributed by atoms with E-state index < -0.39 is 11.9 Å². The summed E-state index contributed by atoms with van der Waals surface area (Å²) in [4.78, 5) is 18.2. The average Bonchev–Trinajstić information content (AvgIpc) is 3.11. The van der Waals surface area contributed by atoms with Crippen molar-refractivity contribution in [1.29, 1.82) is 0 Å². The van der Waals surface area contributed by atoms with Crippen molar-refractivity contribution in [3.63, 3.8) is 0 Å². The van der Waals surface area contributed by atoms with Crippen molar-refractivity contribution in [1.82, 2.24) is 5.32 Å². The molecule has 7 nitrogen and oxygen atoms in total. The van der Waals surface area contributed by atoms with E-state index >= 15 is 0 Å². The molecule has 0 atom stereocenters. The Morgan fingerprint density at radius 3 is 2.14 bits per heavy atom. The van der Waals surface area contributed by atoms with Crippen LogP contribution in [0.3, 0.4) is 0 Å². The van der Waals surface area contributed by atoms with E-state index in [-0.39, 0.29) is 0 Å². The van der Waals surface area contributed by atoms with Gasteiger partial charge in [0.1, 0.15) is 0 Å². The van der Waals surface area contributed by atoms with Crippen molar-refractivity contribution in [2.45, 2.75) is 44.6 Å². The molecule has 6 rings (SSSR count). The van der Waals surface area contributed by atoms with Crippen LogP contribution in [0.4, 0.5) is 0 Å². The SMILES string of the molecule is O=C(O)C(=O)O.c1cc2c(cc1CCNC1C3CC4CC(C3)CC1C4)OCO2. The van der Waals surface area contributed by atoms with Gasteiger partial charge in [0.15, 0.2) is 11.5 Å². The van der Waals surface area contributed by atoms with E-state index in [1.54, 1.807) is 0 Å².